The summed E-state index contributed by atoms with van der Waals surface area (Å²) in [7, 11) is 0. The molecule has 0 radical (unpaired) electrons. The zero-order chi connectivity index (χ0) is 25.7. The van der Waals surface area contributed by atoms with E-state index in [2.05, 4.69) is 15.5 Å². The summed E-state index contributed by atoms with van der Waals surface area (Å²) in [6, 6.07) is 11.9. The highest BCUT2D eigenvalue weighted by Crippen LogP contribution is 2.43. The maximum atomic E-state index is 13.2. The summed E-state index contributed by atoms with van der Waals surface area (Å²) in [5, 5.41) is 5.00. The van der Waals surface area contributed by atoms with Gasteiger partial charge in [-0.25, -0.2) is 4.79 Å². The number of nitrogens with one attached hydrogen (secondary N) is 2. The summed E-state index contributed by atoms with van der Waals surface area (Å²) in [5.74, 6) is -2.04. The predicted octanol–water partition coefficient (Wildman–Crippen LogP) is 2.53. The van der Waals surface area contributed by atoms with Gasteiger partial charge in [0.15, 0.2) is 0 Å². The molecule has 2 aromatic rings. The van der Waals surface area contributed by atoms with E-state index >= 15 is 0 Å². The lowest BCUT2D eigenvalue weighted by atomic mass is 9.84. The lowest BCUT2D eigenvalue weighted by Gasteiger charge is -2.38. The first-order valence-corrected chi connectivity index (χ1v) is 12.5. The van der Waals surface area contributed by atoms with Gasteiger partial charge in [0.25, 0.3) is 11.8 Å². The summed E-state index contributed by atoms with van der Waals surface area (Å²) in [4.78, 5) is 65.4. The van der Waals surface area contributed by atoms with Crippen molar-refractivity contribution in [1.29, 1.82) is 0 Å². The van der Waals surface area contributed by atoms with Crippen molar-refractivity contribution >= 4 is 35.4 Å². The van der Waals surface area contributed by atoms with Crippen molar-refractivity contribution in [3.05, 3.63) is 64.7 Å². The van der Waals surface area contributed by atoms with Gasteiger partial charge in [-0.3, -0.25) is 39.6 Å². The highest BCUT2D eigenvalue weighted by molar-refractivity contribution is 6.23. The molecule has 4 heterocycles. The molecule has 5 amide bonds. The smallest absolute Gasteiger partial charge is 0.412 e. The molecule has 10 heteroatoms. The molecule has 4 aliphatic heterocycles. The minimum Gasteiger partial charge on any atom is -0.438 e. The molecule has 2 fully saturated rings. The molecule has 0 bridgehead atoms. The standard InChI is InChI=1S/C27H26N4O6/c32-22-9-8-21(23(33)29-22)31-24(34)17-7-6-16(14-18(17)25(31)35)15-30-12-3-10-27(11-13-30)19-4-1-2-5-20(19)28-26(36)37-27/h1-2,4-7,14,21H,3,8-13,15H2,(H,28,36)(H,29,32,33). The van der Waals surface area contributed by atoms with E-state index < -0.39 is 41.4 Å². The topological polar surface area (TPSA) is 125 Å². The van der Waals surface area contributed by atoms with Crippen molar-refractivity contribution in [3.8, 4) is 0 Å². The molecule has 0 aliphatic carbocycles. The van der Waals surface area contributed by atoms with Crippen LogP contribution in [0.25, 0.3) is 0 Å². The van der Waals surface area contributed by atoms with E-state index in [0.29, 0.717) is 25.9 Å². The van der Waals surface area contributed by atoms with Gasteiger partial charge in [0.2, 0.25) is 11.8 Å². The van der Waals surface area contributed by atoms with Crippen molar-refractivity contribution in [2.45, 2.75) is 50.3 Å². The Kier molecular flexibility index (Phi) is 5.56. The van der Waals surface area contributed by atoms with Gasteiger partial charge in [-0.05, 0) is 49.6 Å². The Morgan fingerprint density at radius 2 is 1.73 bits per heavy atom. The molecule has 2 aromatic carbocycles. The third kappa shape index (κ3) is 3.97. The molecule has 10 nitrogen and oxygen atoms in total. The molecule has 37 heavy (non-hydrogen) atoms. The van der Waals surface area contributed by atoms with E-state index in [9.17, 15) is 24.0 Å². The molecule has 1 spiro atoms. The van der Waals surface area contributed by atoms with Crippen molar-refractivity contribution in [2.24, 2.45) is 0 Å². The van der Waals surface area contributed by atoms with Gasteiger partial charge in [-0.15, -0.1) is 0 Å². The summed E-state index contributed by atoms with van der Waals surface area (Å²) >= 11 is 0. The van der Waals surface area contributed by atoms with Gasteiger partial charge >= 0.3 is 6.09 Å². The number of ether oxygens (including phenoxy) is 1. The highest BCUT2D eigenvalue weighted by Gasteiger charge is 2.45. The van der Waals surface area contributed by atoms with Crippen LogP contribution < -0.4 is 10.6 Å². The highest BCUT2D eigenvalue weighted by atomic mass is 16.6. The third-order valence-electron chi connectivity index (χ3n) is 7.74. The van der Waals surface area contributed by atoms with Crippen molar-refractivity contribution in [1.82, 2.24) is 15.1 Å². The molecular weight excluding hydrogens is 476 g/mol. The second-order valence-electron chi connectivity index (χ2n) is 10.0. The first-order valence-electron chi connectivity index (χ1n) is 12.5. The lowest BCUT2D eigenvalue weighted by Crippen LogP contribution is -2.54. The molecule has 2 saturated heterocycles. The number of para-hydroxylation sites is 1. The zero-order valence-corrected chi connectivity index (χ0v) is 20.1. The van der Waals surface area contributed by atoms with Crippen LogP contribution in [-0.4, -0.2) is 58.7 Å². The second kappa shape index (κ2) is 8.81. The third-order valence-corrected chi connectivity index (χ3v) is 7.74. The Morgan fingerprint density at radius 1 is 0.919 bits per heavy atom. The average molecular weight is 503 g/mol. The Bertz CT molecular complexity index is 1360. The normalized spacial score (nSPS) is 25.8. The monoisotopic (exact) mass is 502 g/mol. The van der Waals surface area contributed by atoms with Gasteiger partial charge in [0.05, 0.1) is 16.8 Å². The van der Waals surface area contributed by atoms with Crippen LogP contribution >= 0.6 is 0 Å². The molecule has 2 N–H and O–H groups in total. The largest absolute Gasteiger partial charge is 0.438 e. The molecule has 2 atom stereocenters. The van der Waals surface area contributed by atoms with Crippen LogP contribution in [-0.2, 0) is 26.5 Å². The molecule has 4 aliphatic rings. The molecule has 6 rings (SSSR count). The molecule has 190 valence electrons. The van der Waals surface area contributed by atoms with Crippen LogP contribution in [0.3, 0.4) is 0 Å². The number of hydrogen-bond acceptors (Lipinski definition) is 7. The minimum absolute atomic E-state index is 0.0847. The lowest BCUT2D eigenvalue weighted by molar-refractivity contribution is -0.136. The van der Waals surface area contributed by atoms with E-state index in [1.807, 2.05) is 30.3 Å². The molecule has 0 aromatic heterocycles. The van der Waals surface area contributed by atoms with Gasteiger partial charge in [0, 0.05) is 31.5 Å². The predicted molar refractivity (Wildman–Crippen MR) is 130 cm³/mol. The number of amides is 5. The number of carbonyl (C=O) groups is 5. The van der Waals surface area contributed by atoms with Crippen LogP contribution in [0.1, 0.15) is 63.9 Å². The maximum absolute atomic E-state index is 13.2. The van der Waals surface area contributed by atoms with Crippen LogP contribution in [0.4, 0.5) is 10.5 Å². The SMILES string of the molecule is O=C1CCC(N2C(=O)c3ccc(CN4CCCC5(CC4)OC(=O)Nc4ccccc45)cc3C2=O)C(=O)N1. The molecule has 0 saturated carbocycles. The fourth-order valence-corrected chi connectivity index (χ4v) is 5.93. The molecular formula is C27H26N4O6. The van der Waals surface area contributed by atoms with Crippen molar-refractivity contribution in [2.75, 3.05) is 18.4 Å². The van der Waals surface area contributed by atoms with E-state index in [1.165, 1.54) is 0 Å². The molecule has 2 unspecified atom stereocenters. The van der Waals surface area contributed by atoms with Gasteiger partial charge in [-0.2, -0.15) is 0 Å². The number of hydrogen-bond donors (Lipinski definition) is 2. The zero-order valence-electron chi connectivity index (χ0n) is 20.1. The van der Waals surface area contributed by atoms with Crippen molar-refractivity contribution < 1.29 is 28.7 Å². The Hall–Kier alpha value is -4.05. The van der Waals surface area contributed by atoms with Gasteiger partial charge < -0.3 is 4.74 Å². The summed E-state index contributed by atoms with van der Waals surface area (Å²) < 4.78 is 5.87. The van der Waals surface area contributed by atoms with E-state index in [4.69, 9.17) is 4.74 Å². The summed E-state index contributed by atoms with van der Waals surface area (Å²) in [5.41, 5.74) is 2.53. The summed E-state index contributed by atoms with van der Waals surface area (Å²) in [6.07, 6.45) is 1.96. The number of fused-ring (bicyclic) bond motifs is 3. The van der Waals surface area contributed by atoms with Crippen LogP contribution in [0.5, 0.6) is 0 Å². The van der Waals surface area contributed by atoms with Crippen molar-refractivity contribution in [3.63, 3.8) is 0 Å². The number of benzene rings is 2. The Labute approximate surface area is 212 Å². The summed E-state index contributed by atoms with van der Waals surface area (Å²) in [6.45, 7) is 2.05. The van der Waals surface area contributed by atoms with E-state index in [1.54, 1.807) is 12.1 Å². The van der Waals surface area contributed by atoms with Crippen LogP contribution in [0.2, 0.25) is 0 Å². The van der Waals surface area contributed by atoms with E-state index in [0.717, 1.165) is 34.7 Å². The van der Waals surface area contributed by atoms with Gasteiger partial charge in [0.1, 0.15) is 11.6 Å². The number of rotatable bonds is 3. The number of carbonyl (C=O) groups excluding carboxylic acids is 5. The fraction of sp³-hybridized carbons (Fsp3) is 0.370. The van der Waals surface area contributed by atoms with Gasteiger partial charge in [-0.1, -0.05) is 24.3 Å². The number of nitrogens with zero attached hydrogens (tertiary/aromatic N) is 2. The number of anilines is 1. The first kappa shape index (κ1) is 23.4. The quantitative estimate of drug-likeness (QED) is 0.618. The van der Waals surface area contributed by atoms with Crippen LogP contribution in [0.15, 0.2) is 42.5 Å². The first-order chi connectivity index (χ1) is 17.8. The fourth-order valence-electron chi connectivity index (χ4n) is 5.93. The average Bonchev–Trinajstić information content (AvgIpc) is 2.99. The minimum atomic E-state index is -0.981. The van der Waals surface area contributed by atoms with Crippen LogP contribution in [0, 0.1) is 0 Å². The van der Waals surface area contributed by atoms with E-state index in [-0.39, 0.29) is 24.0 Å². The Morgan fingerprint density at radius 3 is 2.57 bits per heavy atom. The maximum Gasteiger partial charge on any atom is 0.412 e. The number of likely N-dealkylation sites (tertiary alicyclic amines) is 1. The Balaban J connectivity index is 1.18. The number of imide groups is 2. The second-order valence-corrected chi connectivity index (χ2v) is 10.0. The number of piperidine rings is 1.